The van der Waals surface area contributed by atoms with Crippen LogP contribution in [-0.4, -0.2) is 17.4 Å². The molecular formula is C7H13F3O. The molecule has 0 aromatic carbocycles. The van der Waals surface area contributed by atoms with E-state index < -0.39 is 18.2 Å². The van der Waals surface area contributed by atoms with E-state index in [-0.39, 0.29) is 6.42 Å². The standard InChI is InChI=1S/C7H13F3O/c1-3-4-6(11)5(2)7(8,9)10/h5-6,11H,3-4H2,1-2H3. The van der Waals surface area contributed by atoms with E-state index in [1.54, 1.807) is 6.92 Å². The van der Waals surface area contributed by atoms with Gasteiger partial charge in [0.25, 0.3) is 0 Å². The second-order valence-electron chi connectivity index (χ2n) is 2.69. The Morgan fingerprint density at radius 1 is 1.36 bits per heavy atom. The molecule has 0 aliphatic heterocycles. The number of alkyl halides is 3. The SMILES string of the molecule is CCCC(O)C(C)C(F)(F)F. The summed E-state index contributed by atoms with van der Waals surface area (Å²) in [4.78, 5) is 0. The van der Waals surface area contributed by atoms with Gasteiger partial charge in [0.15, 0.2) is 0 Å². The minimum absolute atomic E-state index is 0.209. The Hall–Kier alpha value is -0.250. The quantitative estimate of drug-likeness (QED) is 0.689. The van der Waals surface area contributed by atoms with Crippen molar-refractivity contribution in [3.63, 3.8) is 0 Å². The van der Waals surface area contributed by atoms with E-state index in [0.717, 1.165) is 6.92 Å². The van der Waals surface area contributed by atoms with Crippen LogP contribution in [-0.2, 0) is 0 Å². The highest BCUT2D eigenvalue weighted by atomic mass is 19.4. The van der Waals surface area contributed by atoms with Gasteiger partial charge in [-0.1, -0.05) is 20.3 Å². The maximum absolute atomic E-state index is 11.9. The minimum atomic E-state index is -4.27. The van der Waals surface area contributed by atoms with Crippen LogP contribution in [0.4, 0.5) is 13.2 Å². The normalized spacial score (nSPS) is 18.0. The first-order valence-electron chi connectivity index (χ1n) is 3.64. The van der Waals surface area contributed by atoms with Crippen LogP contribution in [0.3, 0.4) is 0 Å². The molecule has 0 aliphatic rings. The average Bonchev–Trinajstić information content (AvgIpc) is 1.85. The zero-order chi connectivity index (χ0) is 9.07. The van der Waals surface area contributed by atoms with Crippen molar-refractivity contribution < 1.29 is 18.3 Å². The van der Waals surface area contributed by atoms with Crippen molar-refractivity contribution in [1.82, 2.24) is 0 Å². The lowest BCUT2D eigenvalue weighted by Gasteiger charge is -2.20. The number of aliphatic hydroxyl groups is 1. The van der Waals surface area contributed by atoms with Gasteiger partial charge >= 0.3 is 6.18 Å². The molecule has 0 rings (SSSR count). The van der Waals surface area contributed by atoms with Crippen LogP contribution in [0.1, 0.15) is 26.7 Å². The fourth-order valence-corrected chi connectivity index (χ4v) is 0.764. The highest BCUT2D eigenvalue weighted by Crippen LogP contribution is 2.29. The second kappa shape index (κ2) is 3.95. The van der Waals surface area contributed by atoms with Crippen molar-refractivity contribution in [2.75, 3.05) is 0 Å². The number of halogens is 3. The Morgan fingerprint density at radius 2 is 1.82 bits per heavy atom. The second-order valence-corrected chi connectivity index (χ2v) is 2.69. The molecule has 0 heterocycles. The van der Waals surface area contributed by atoms with Gasteiger partial charge in [-0.3, -0.25) is 0 Å². The molecule has 0 aliphatic carbocycles. The van der Waals surface area contributed by atoms with E-state index in [2.05, 4.69) is 0 Å². The van der Waals surface area contributed by atoms with Gasteiger partial charge in [-0.2, -0.15) is 13.2 Å². The van der Waals surface area contributed by atoms with Gasteiger partial charge in [-0.05, 0) is 6.42 Å². The molecule has 2 unspecified atom stereocenters. The molecule has 0 aromatic heterocycles. The molecule has 68 valence electrons. The first-order valence-corrected chi connectivity index (χ1v) is 3.64. The maximum atomic E-state index is 11.9. The fourth-order valence-electron chi connectivity index (χ4n) is 0.764. The predicted molar refractivity (Wildman–Crippen MR) is 36.1 cm³/mol. The predicted octanol–water partition coefficient (Wildman–Crippen LogP) is 2.35. The molecule has 0 fully saturated rings. The summed E-state index contributed by atoms with van der Waals surface area (Å²) in [6.07, 6.45) is -4.74. The molecule has 0 radical (unpaired) electrons. The lowest BCUT2D eigenvalue weighted by atomic mass is 10.0. The van der Waals surface area contributed by atoms with Crippen molar-refractivity contribution >= 4 is 0 Å². The van der Waals surface area contributed by atoms with Crippen LogP contribution in [0.2, 0.25) is 0 Å². The van der Waals surface area contributed by atoms with Gasteiger partial charge in [0.2, 0.25) is 0 Å². The zero-order valence-electron chi connectivity index (χ0n) is 6.65. The van der Waals surface area contributed by atoms with Crippen LogP contribution in [0.5, 0.6) is 0 Å². The fraction of sp³-hybridized carbons (Fsp3) is 1.00. The smallest absolute Gasteiger partial charge is 0.393 e. The highest BCUT2D eigenvalue weighted by Gasteiger charge is 2.39. The lowest BCUT2D eigenvalue weighted by molar-refractivity contribution is -0.194. The van der Waals surface area contributed by atoms with Crippen molar-refractivity contribution in [2.45, 2.75) is 39.0 Å². The summed E-state index contributed by atoms with van der Waals surface area (Å²) in [6, 6.07) is 0. The molecular weight excluding hydrogens is 157 g/mol. The molecule has 4 heteroatoms. The third-order valence-corrected chi connectivity index (χ3v) is 1.68. The topological polar surface area (TPSA) is 20.2 Å². The van der Waals surface area contributed by atoms with Gasteiger partial charge < -0.3 is 5.11 Å². The lowest BCUT2D eigenvalue weighted by Crippen LogP contribution is -2.31. The summed E-state index contributed by atoms with van der Waals surface area (Å²) in [5.74, 6) is -1.61. The van der Waals surface area contributed by atoms with Crippen molar-refractivity contribution in [3.8, 4) is 0 Å². The summed E-state index contributed by atoms with van der Waals surface area (Å²) in [6.45, 7) is 2.74. The van der Waals surface area contributed by atoms with Crippen LogP contribution in [0.25, 0.3) is 0 Å². The van der Waals surface area contributed by atoms with E-state index in [1.807, 2.05) is 0 Å². The van der Waals surface area contributed by atoms with Crippen LogP contribution >= 0.6 is 0 Å². The molecule has 1 nitrogen and oxygen atoms in total. The summed E-state index contributed by atoms with van der Waals surface area (Å²) in [5.41, 5.74) is 0. The Balaban J connectivity index is 3.91. The summed E-state index contributed by atoms with van der Waals surface area (Å²) in [5, 5.41) is 8.93. The van der Waals surface area contributed by atoms with Gasteiger partial charge in [0.1, 0.15) is 0 Å². The molecule has 11 heavy (non-hydrogen) atoms. The molecule has 0 amide bonds. The van der Waals surface area contributed by atoms with Crippen LogP contribution in [0, 0.1) is 5.92 Å². The third-order valence-electron chi connectivity index (χ3n) is 1.68. The molecule has 0 saturated heterocycles. The number of hydrogen-bond donors (Lipinski definition) is 1. The first kappa shape index (κ1) is 10.8. The molecule has 0 aromatic rings. The van der Waals surface area contributed by atoms with E-state index in [9.17, 15) is 13.2 Å². The Labute approximate surface area is 64.2 Å². The van der Waals surface area contributed by atoms with Gasteiger partial charge in [0.05, 0.1) is 12.0 Å². The zero-order valence-corrected chi connectivity index (χ0v) is 6.65. The summed E-state index contributed by atoms with van der Waals surface area (Å²) in [7, 11) is 0. The van der Waals surface area contributed by atoms with Crippen LogP contribution < -0.4 is 0 Å². The minimum Gasteiger partial charge on any atom is -0.393 e. The van der Waals surface area contributed by atoms with Crippen molar-refractivity contribution in [1.29, 1.82) is 0 Å². The monoisotopic (exact) mass is 170 g/mol. The molecule has 2 atom stereocenters. The van der Waals surface area contributed by atoms with E-state index in [1.165, 1.54) is 0 Å². The summed E-state index contributed by atoms with van der Waals surface area (Å²) < 4.78 is 35.6. The maximum Gasteiger partial charge on any atom is 0.394 e. The van der Waals surface area contributed by atoms with E-state index in [4.69, 9.17) is 5.11 Å². The molecule has 0 saturated carbocycles. The van der Waals surface area contributed by atoms with E-state index >= 15 is 0 Å². The van der Waals surface area contributed by atoms with Crippen molar-refractivity contribution in [3.05, 3.63) is 0 Å². The third kappa shape index (κ3) is 3.60. The Bertz CT molecular complexity index is 111. The average molecular weight is 170 g/mol. The Morgan fingerprint density at radius 3 is 2.09 bits per heavy atom. The van der Waals surface area contributed by atoms with Crippen LogP contribution in [0.15, 0.2) is 0 Å². The molecule has 0 spiro atoms. The Kier molecular flexibility index (Phi) is 3.86. The first-order chi connectivity index (χ1) is 4.89. The largest absolute Gasteiger partial charge is 0.394 e. The highest BCUT2D eigenvalue weighted by molar-refractivity contribution is 4.70. The number of rotatable bonds is 3. The van der Waals surface area contributed by atoms with Crippen molar-refractivity contribution in [2.24, 2.45) is 5.92 Å². The van der Waals surface area contributed by atoms with Gasteiger partial charge in [-0.15, -0.1) is 0 Å². The molecule has 1 N–H and O–H groups in total. The number of hydrogen-bond acceptors (Lipinski definition) is 1. The number of aliphatic hydroxyl groups excluding tert-OH is 1. The summed E-state index contributed by atoms with van der Waals surface area (Å²) >= 11 is 0. The van der Waals surface area contributed by atoms with Gasteiger partial charge in [-0.25, -0.2) is 0 Å². The van der Waals surface area contributed by atoms with E-state index in [0.29, 0.717) is 6.42 Å². The van der Waals surface area contributed by atoms with Gasteiger partial charge in [0, 0.05) is 0 Å². The molecule has 0 bridgehead atoms.